The Kier molecular flexibility index (Phi) is 7.13. The van der Waals surface area contributed by atoms with E-state index in [9.17, 15) is 36.6 Å². The van der Waals surface area contributed by atoms with Crippen molar-refractivity contribution in [3.05, 3.63) is 53.1 Å². The lowest BCUT2D eigenvalue weighted by Crippen LogP contribution is -2.43. The molecule has 0 aromatic heterocycles. The highest BCUT2D eigenvalue weighted by molar-refractivity contribution is 5.96. The number of hydrogen-bond acceptors (Lipinski definition) is 6. The van der Waals surface area contributed by atoms with E-state index in [2.05, 4.69) is 15.4 Å². The van der Waals surface area contributed by atoms with E-state index in [1.165, 1.54) is 6.07 Å². The number of ether oxygens (including phenoxy) is 2. The lowest BCUT2D eigenvalue weighted by Gasteiger charge is -2.29. The summed E-state index contributed by atoms with van der Waals surface area (Å²) in [5.74, 6) is -5.57. The first-order valence-corrected chi connectivity index (χ1v) is 10.0. The molecular weight excluding hydrogens is 467 g/mol. The van der Waals surface area contributed by atoms with Gasteiger partial charge in [-0.1, -0.05) is 6.07 Å². The van der Waals surface area contributed by atoms with E-state index in [1.807, 2.05) is 0 Å². The second-order valence-corrected chi connectivity index (χ2v) is 8.32. The fraction of sp³-hybridized carbons (Fsp3) is 0.364. The van der Waals surface area contributed by atoms with Crippen LogP contribution in [-0.2, 0) is 16.0 Å². The third-order valence-corrected chi connectivity index (χ3v) is 4.92. The zero-order chi connectivity index (χ0) is 25.3. The van der Waals surface area contributed by atoms with Crippen molar-refractivity contribution < 1.29 is 46.1 Å². The number of hydrogen-bond donors (Lipinski definition) is 3. The Hall–Kier alpha value is -3.25. The number of carbonyl (C=O) groups is 2. The van der Waals surface area contributed by atoms with Gasteiger partial charge in [-0.05, 0) is 44.0 Å². The van der Waals surface area contributed by atoms with Crippen molar-refractivity contribution in [1.82, 2.24) is 5.32 Å². The predicted molar refractivity (Wildman–Crippen MR) is 109 cm³/mol. The number of aliphatic hydroxyl groups excluding tert-OH is 1. The second-order valence-electron chi connectivity index (χ2n) is 8.32. The quantitative estimate of drug-likeness (QED) is 0.314. The smallest absolute Gasteiger partial charge is 0.481 e. The number of nitrogens with one attached hydrogen (secondary N) is 2. The maximum atomic E-state index is 13.5. The van der Waals surface area contributed by atoms with Gasteiger partial charge >= 0.3 is 12.1 Å². The average molecular weight is 488 g/mol. The first kappa shape index (κ1) is 25.4. The Bertz CT molecular complexity index is 1100. The molecule has 2 aromatic carbocycles. The van der Waals surface area contributed by atoms with Crippen LogP contribution < -0.4 is 20.1 Å². The number of alkyl halides is 3. The van der Waals surface area contributed by atoms with Gasteiger partial charge < -0.3 is 25.2 Å². The van der Waals surface area contributed by atoms with Crippen molar-refractivity contribution in [1.29, 1.82) is 0 Å². The lowest BCUT2D eigenvalue weighted by molar-refractivity contribution is -0.189. The van der Waals surface area contributed by atoms with Crippen LogP contribution in [0, 0.1) is 11.6 Å². The van der Waals surface area contributed by atoms with E-state index >= 15 is 0 Å². The molecule has 1 heterocycles. The summed E-state index contributed by atoms with van der Waals surface area (Å²) in [6.07, 6.45) is -6.36. The van der Waals surface area contributed by atoms with Gasteiger partial charge in [0.25, 0.3) is 5.91 Å². The summed E-state index contributed by atoms with van der Waals surface area (Å²) in [6, 6.07) is 5.47. The van der Waals surface area contributed by atoms with Gasteiger partial charge in [-0.2, -0.15) is 13.2 Å². The van der Waals surface area contributed by atoms with Crippen LogP contribution >= 0.6 is 0 Å². The number of halogens is 5. The third kappa shape index (κ3) is 6.20. The van der Waals surface area contributed by atoms with E-state index in [4.69, 9.17) is 4.74 Å². The summed E-state index contributed by atoms with van der Waals surface area (Å²) >= 11 is 0. The van der Waals surface area contributed by atoms with Crippen molar-refractivity contribution in [2.75, 3.05) is 18.5 Å². The third-order valence-electron chi connectivity index (χ3n) is 4.92. The van der Waals surface area contributed by atoms with E-state index in [1.54, 1.807) is 13.8 Å². The summed E-state index contributed by atoms with van der Waals surface area (Å²) in [5.41, 5.74) is -0.325. The van der Waals surface area contributed by atoms with Crippen LogP contribution in [0.2, 0.25) is 0 Å². The van der Waals surface area contributed by atoms with Crippen LogP contribution in [0.3, 0.4) is 0 Å². The fourth-order valence-electron chi connectivity index (χ4n) is 3.38. The van der Waals surface area contributed by atoms with Gasteiger partial charge in [-0.3, -0.25) is 4.79 Å². The minimum atomic E-state index is -5.25. The molecule has 0 bridgehead atoms. The summed E-state index contributed by atoms with van der Waals surface area (Å²) in [4.78, 5) is 22.9. The number of carbonyl (C=O) groups excluding carboxylic acids is 2. The van der Waals surface area contributed by atoms with Crippen LogP contribution in [0.5, 0.6) is 11.5 Å². The molecular formula is C22H21F5N2O5. The molecule has 1 amide bonds. The molecule has 0 fully saturated rings. The molecule has 7 nitrogen and oxygen atoms in total. The molecule has 1 unspecified atom stereocenters. The molecule has 34 heavy (non-hydrogen) atoms. The Morgan fingerprint density at radius 2 is 1.91 bits per heavy atom. The molecule has 184 valence electrons. The summed E-state index contributed by atoms with van der Waals surface area (Å²) in [5, 5.41) is 16.2. The maximum absolute atomic E-state index is 13.5. The van der Waals surface area contributed by atoms with Gasteiger partial charge in [0.2, 0.25) is 0 Å². The molecule has 0 radical (unpaired) electrons. The molecule has 0 saturated heterocycles. The number of amides is 1. The number of fused-ring (bicyclic) bond motifs is 1. The number of anilines is 1. The summed E-state index contributed by atoms with van der Waals surface area (Å²) in [7, 11) is 0. The van der Waals surface area contributed by atoms with Crippen LogP contribution in [0.1, 0.15) is 31.1 Å². The lowest BCUT2D eigenvalue weighted by atomic mass is 9.94. The molecule has 3 rings (SSSR count). The molecule has 0 saturated carbocycles. The van der Waals surface area contributed by atoms with Crippen LogP contribution in [0.25, 0.3) is 0 Å². The zero-order valence-corrected chi connectivity index (χ0v) is 18.1. The average Bonchev–Trinajstić information content (AvgIpc) is 2.73. The van der Waals surface area contributed by atoms with E-state index in [0.29, 0.717) is 5.56 Å². The first-order chi connectivity index (χ1) is 15.7. The van der Waals surface area contributed by atoms with E-state index < -0.39 is 47.1 Å². The largest absolute Gasteiger partial charge is 0.491 e. The second kappa shape index (κ2) is 9.55. The SMILES string of the molecule is CC(C)(Cc1ccc(F)c(F)c1)NCC(O)c1cc(OC(=O)C(F)(F)F)cc2c1OCC(=O)N2. The number of benzene rings is 2. The monoisotopic (exact) mass is 488 g/mol. The highest BCUT2D eigenvalue weighted by Gasteiger charge is 2.41. The van der Waals surface area contributed by atoms with Crippen molar-refractivity contribution in [2.24, 2.45) is 0 Å². The van der Waals surface area contributed by atoms with Crippen LogP contribution in [0.15, 0.2) is 30.3 Å². The van der Waals surface area contributed by atoms with Gasteiger partial charge in [0.1, 0.15) is 11.5 Å². The predicted octanol–water partition coefficient (Wildman–Crippen LogP) is 3.41. The van der Waals surface area contributed by atoms with E-state index in [0.717, 1.165) is 24.3 Å². The molecule has 1 aliphatic heterocycles. The molecule has 2 aromatic rings. The van der Waals surface area contributed by atoms with Gasteiger partial charge in [0, 0.05) is 23.7 Å². The zero-order valence-electron chi connectivity index (χ0n) is 18.1. The summed E-state index contributed by atoms with van der Waals surface area (Å²) in [6.45, 7) is 2.96. The normalized spacial score (nSPS) is 14.6. The molecule has 1 atom stereocenters. The fourth-order valence-corrected chi connectivity index (χ4v) is 3.38. The number of aliphatic hydroxyl groups is 1. The minimum absolute atomic E-state index is 0.0131. The van der Waals surface area contributed by atoms with Crippen molar-refractivity contribution in [2.45, 2.75) is 38.1 Å². The molecule has 0 spiro atoms. The van der Waals surface area contributed by atoms with Gasteiger partial charge in [0.15, 0.2) is 18.2 Å². The Morgan fingerprint density at radius 1 is 1.21 bits per heavy atom. The topological polar surface area (TPSA) is 96.9 Å². The van der Waals surface area contributed by atoms with E-state index in [-0.39, 0.29) is 36.6 Å². The maximum Gasteiger partial charge on any atom is 0.491 e. The molecule has 3 N–H and O–H groups in total. The number of rotatable bonds is 7. The van der Waals surface area contributed by atoms with Gasteiger partial charge in [-0.25, -0.2) is 13.6 Å². The Labute approximate surface area is 190 Å². The van der Waals surface area contributed by atoms with Gasteiger partial charge in [0.05, 0.1) is 11.8 Å². The number of β-amino-alcohol motifs (C(OH)–C–C–N with tert-alkyl or cyclic N) is 1. The molecule has 1 aliphatic rings. The highest BCUT2D eigenvalue weighted by atomic mass is 19.4. The highest BCUT2D eigenvalue weighted by Crippen LogP contribution is 2.39. The molecule has 0 aliphatic carbocycles. The van der Waals surface area contributed by atoms with Crippen molar-refractivity contribution in [3.8, 4) is 11.5 Å². The molecule has 12 heteroatoms. The Balaban J connectivity index is 1.79. The Morgan fingerprint density at radius 3 is 2.56 bits per heavy atom. The van der Waals surface area contributed by atoms with Gasteiger partial charge in [-0.15, -0.1) is 0 Å². The van der Waals surface area contributed by atoms with Crippen molar-refractivity contribution in [3.63, 3.8) is 0 Å². The summed E-state index contributed by atoms with van der Waals surface area (Å²) < 4.78 is 74.1. The first-order valence-electron chi connectivity index (χ1n) is 10.0. The number of esters is 1. The standard InChI is InChI=1S/C22H21F5N2O5/c1-21(2,8-11-3-4-14(23)15(24)5-11)28-9-17(30)13-6-12(34-20(32)22(25,26)27)7-16-19(13)33-10-18(31)29-16/h3-7,17,28,30H,8-10H2,1-2H3,(H,29,31). The van der Waals surface area contributed by atoms with Crippen molar-refractivity contribution >= 4 is 17.6 Å². The van der Waals surface area contributed by atoms with Crippen LogP contribution in [0.4, 0.5) is 27.6 Å². The van der Waals surface area contributed by atoms with Crippen LogP contribution in [-0.4, -0.2) is 41.8 Å². The minimum Gasteiger partial charge on any atom is -0.481 e.